The summed E-state index contributed by atoms with van der Waals surface area (Å²) in [6, 6.07) is 13.1. The molecule has 2 aromatic rings. The third-order valence-electron chi connectivity index (χ3n) is 4.25. The second-order valence-electron chi connectivity index (χ2n) is 6.13. The number of rotatable bonds is 3. The lowest BCUT2D eigenvalue weighted by Gasteiger charge is -2.34. The number of para-hydroxylation sites is 1. The molecule has 1 atom stereocenters. The van der Waals surface area contributed by atoms with Gasteiger partial charge in [0.15, 0.2) is 0 Å². The maximum Gasteiger partial charge on any atom is 0.239 e. The Bertz CT molecular complexity index is 830. The molecule has 0 radical (unpaired) electrons. The fourth-order valence-corrected chi connectivity index (χ4v) is 4.83. The second-order valence-corrected chi connectivity index (χ2v) is 8.03. The topological polar surface area (TPSA) is 57.6 Å². The summed E-state index contributed by atoms with van der Waals surface area (Å²) in [6.07, 6.45) is -0.181. The smallest absolute Gasteiger partial charge is 0.239 e. The van der Waals surface area contributed by atoms with Crippen LogP contribution in [0.1, 0.15) is 34.8 Å². The number of aliphatic hydroxyl groups is 1. The van der Waals surface area contributed by atoms with Crippen LogP contribution in [0, 0.1) is 13.8 Å². The summed E-state index contributed by atoms with van der Waals surface area (Å²) >= 11 is 0. The highest BCUT2D eigenvalue weighted by Crippen LogP contribution is 2.38. The fraction of sp³-hybridized carbons (Fsp3) is 0.333. The average molecular weight is 331 g/mol. The number of aliphatic hydroxyl groups excluding tert-OH is 1. The van der Waals surface area contributed by atoms with Gasteiger partial charge in [0.25, 0.3) is 0 Å². The first-order chi connectivity index (χ1) is 10.9. The molecule has 4 nitrogen and oxygen atoms in total. The van der Waals surface area contributed by atoms with Gasteiger partial charge in [-0.2, -0.15) is 0 Å². The average Bonchev–Trinajstić information content (AvgIpc) is 2.48. The van der Waals surface area contributed by atoms with Crippen molar-refractivity contribution in [3.8, 4) is 0 Å². The minimum Gasteiger partial charge on any atom is -0.388 e. The summed E-state index contributed by atoms with van der Waals surface area (Å²) in [5.41, 5.74) is 4.03. The Morgan fingerprint density at radius 3 is 2.65 bits per heavy atom. The Balaban J connectivity index is 2.00. The molecule has 23 heavy (non-hydrogen) atoms. The van der Waals surface area contributed by atoms with Gasteiger partial charge >= 0.3 is 0 Å². The number of nitrogens with zero attached hydrogens (tertiary/aromatic N) is 1. The van der Waals surface area contributed by atoms with E-state index in [1.54, 1.807) is 6.07 Å². The number of sulfonamides is 1. The Morgan fingerprint density at radius 1 is 1.17 bits per heavy atom. The molecule has 0 aromatic heterocycles. The number of hydrogen-bond acceptors (Lipinski definition) is 3. The molecule has 122 valence electrons. The summed E-state index contributed by atoms with van der Waals surface area (Å²) in [7, 11) is -3.49. The molecule has 1 aliphatic rings. The number of aryl methyl sites for hydroxylation is 2. The van der Waals surface area contributed by atoms with E-state index >= 15 is 0 Å². The lowest BCUT2D eigenvalue weighted by molar-refractivity contribution is 0.166. The molecule has 0 fully saturated rings. The van der Waals surface area contributed by atoms with E-state index in [4.69, 9.17) is 0 Å². The molecule has 0 saturated heterocycles. The predicted molar refractivity (Wildman–Crippen MR) is 91.9 cm³/mol. The highest BCUT2D eigenvalue weighted by molar-refractivity contribution is 7.92. The quantitative estimate of drug-likeness (QED) is 0.940. The highest BCUT2D eigenvalue weighted by Gasteiger charge is 2.32. The van der Waals surface area contributed by atoms with E-state index in [9.17, 15) is 13.5 Å². The molecule has 0 bridgehead atoms. The summed E-state index contributed by atoms with van der Waals surface area (Å²) in [4.78, 5) is 0. The summed E-state index contributed by atoms with van der Waals surface area (Å²) in [5.74, 6) is -0.0292. The molecule has 0 spiro atoms. The minimum atomic E-state index is -3.49. The van der Waals surface area contributed by atoms with Crippen LogP contribution in [0.5, 0.6) is 0 Å². The van der Waals surface area contributed by atoms with Crippen LogP contribution in [0.15, 0.2) is 42.5 Å². The molecule has 5 heteroatoms. The van der Waals surface area contributed by atoms with Crippen LogP contribution < -0.4 is 4.31 Å². The van der Waals surface area contributed by atoms with Crippen LogP contribution >= 0.6 is 0 Å². The van der Waals surface area contributed by atoms with Crippen molar-refractivity contribution in [1.29, 1.82) is 0 Å². The molecule has 0 amide bonds. The van der Waals surface area contributed by atoms with Gasteiger partial charge in [0.2, 0.25) is 10.0 Å². The number of fused-ring (bicyclic) bond motifs is 1. The largest absolute Gasteiger partial charge is 0.388 e. The molecule has 1 aliphatic heterocycles. The van der Waals surface area contributed by atoms with Crippen LogP contribution in [0.3, 0.4) is 0 Å². The first-order valence-electron chi connectivity index (χ1n) is 7.72. The van der Waals surface area contributed by atoms with Gasteiger partial charge in [-0.25, -0.2) is 8.42 Å². The molecule has 0 saturated carbocycles. The van der Waals surface area contributed by atoms with Crippen molar-refractivity contribution in [3.63, 3.8) is 0 Å². The van der Waals surface area contributed by atoms with Crippen LogP contribution in [0.25, 0.3) is 0 Å². The maximum atomic E-state index is 12.9. The zero-order valence-corrected chi connectivity index (χ0v) is 14.2. The van der Waals surface area contributed by atoms with Crippen molar-refractivity contribution >= 4 is 15.7 Å². The minimum absolute atomic E-state index is 0.0292. The number of hydrogen-bond donors (Lipinski definition) is 1. The Labute approximate surface area is 137 Å². The zero-order chi connectivity index (χ0) is 16.6. The SMILES string of the molecule is Cc1cccc(CS(=O)(=O)N2CCC(O)c3cccc(C)c32)c1. The van der Waals surface area contributed by atoms with Crippen molar-refractivity contribution in [1.82, 2.24) is 0 Å². The summed E-state index contributed by atoms with van der Waals surface area (Å²) in [5, 5.41) is 10.2. The van der Waals surface area contributed by atoms with Crippen LogP contribution in [-0.2, 0) is 15.8 Å². The molecular weight excluding hydrogens is 310 g/mol. The Hall–Kier alpha value is -1.85. The van der Waals surface area contributed by atoms with E-state index in [0.29, 0.717) is 24.2 Å². The van der Waals surface area contributed by atoms with Gasteiger partial charge in [-0.15, -0.1) is 0 Å². The van der Waals surface area contributed by atoms with Gasteiger partial charge in [-0.3, -0.25) is 4.31 Å². The van der Waals surface area contributed by atoms with Crippen LogP contribution in [-0.4, -0.2) is 20.1 Å². The monoisotopic (exact) mass is 331 g/mol. The standard InChI is InChI=1S/C18H21NO3S/c1-13-5-3-7-15(11-13)12-23(21,22)19-10-9-17(20)16-8-4-6-14(2)18(16)19/h3-8,11,17,20H,9-10,12H2,1-2H3. The third-order valence-corrected chi connectivity index (χ3v) is 5.99. The van der Waals surface area contributed by atoms with Crippen LogP contribution in [0.4, 0.5) is 5.69 Å². The van der Waals surface area contributed by atoms with Gasteiger partial charge in [0.1, 0.15) is 0 Å². The van der Waals surface area contributed by atoms with Crippen molar-refractivity contribution in [3.05, 3.63) is 64.7 Å². The highest BCUT2D eigenvalue weighted by atomic mass is 32.2. The van der Waals surface area contributed by atoms with E-state index in [-0.39, 0.29) is 5.75 Å². The Kier molecular flexibility index (Phi) is 4.17. The van der Waals surface area contributed by atoms with E-state index in [1.165, 1.54) is 4.31 Å². The lowest BCUT2D eigenvalue weighted by Crippen LogP contribution is -2.38. The number of benzene rings is 2. The maximum absolute atomic E-state index is 12.9. The van der Waals surface area contributed by atoms with Crippen molar-refractivity contribution in [2.45, 2.75) is 32.1 Å². The zero-order valence-electron chi connectivity index (χ0n) is 13.4. The van der Waals surface area contributed by atoms with Gasteiger partial charge in [0.05, 0.1) is 17.5 Å². The summed E-state index contributed by atoms with van der Waals surface area (Å²) in [6.45, 7) is 4.14. The molecule has 1 unspecified atom stereocenters. The number of anilines is 1. The molecule has 3 rings (SSSR count). The van der Waals surface area contributed by atoms with Gasteiger partial charge in [-0.05, 0) is 31.4 Å². The normalized spacial score (nSPS) is 17.9. The Morgan fingerprint density at radius 2 is 1.91 bits per heavy atom. The van der Waals surface area contributed by atoms with Crippen LogP contribution in [0.2, 0.25) is 0 Å². The first kappa shape index (κ1) is 16.0. The van der Waals surface area contributed by atoms with Gasteiger partial charge in [-0.1, -0.05) is 48.0 Å². The molecular formula is C18H21NO3S. The molecule has 2 aromatic carbocycles. The van der Waals surface area contributed by atoms with Crippen molar-refractivity contribution in [2.75, 3.05) is 10.8 Å². The van der Waals surface area contributed by atoms with E-state index in [2.05, 4.69) is 0 Å². The predicted octanol–water partition coefficient (Wildman–Crippen LogP) is 3.08. The first-order valence-corrected chi connectivity index (χ1v) is 9.33. The molecule has 1 heterocycles. The van der Waals surface area contributed by atoms with Crippen molar-refractivity contribution < 1.29 is 13.5 Å². The van der Waals surface area contributed by atoms with Gasteiger partial charge in [0, 0.05) is 12.1 Å². The van der Waals surface area contributed by atoms with E-state index in [1.807, 2.05) is 50.2 Å². The third kappa shape index (κ3) is 3.12. The lowest BCUT2D eigenvalue weighted by atomic mass is 9.98. The fourth-order valence-electron chi connectivity index (χ4n) is 3.17. The second kappa shape index (κ2) is 5.98. The van der Waals surface area contributed by atoms with E-state index < -0.39 is 16.1 Å². The molecule has 1 N–H and O–H groups in total. The van der Waals surface area contributed by atoms with Crippen molar-refractivity contribution in [2.24, 2.45) is 0 Å². The van der Waals surface area contributed by atoms with Gasteiger partial charge < -0.3 is 5.11 Å². The summed E-state index contributed by atoms with van der Waals surface area (Å²) < 4.78 is 27.3. The van der Waals surface area contributed by atoms with E-state index in [0.717, 1.165) is 16.7 Å². The molecule has 0 aliphatic carbocycles.